The van der Waals surface area contributed by atoms with Gasteiger partial charge < -0.3 is 14.2 Å². The molecule has 6 nitrogen and oxygen atoms in total. The average molecular weight is 793 g/mol. The summed E-state index contributed by atoms with van der Waals surface area (Å²) in [7, 11) is 0. The van der Waals surface area contributed by atoms with Crippen LogP contribution < -0.4 is 0 Å². The third kappa shape index (κ3) is 43.6. The largest absolute Gasteiger partial charge is 0.462 e. The van der Waals surface area contributed by atoms with Gasteiger partial charge in [0, 0.05) is 19.3 Å². The van der Waals surface area contributed by atoms with Crippen LogP contribution in [0.4, 0.5) is 0 Å². The van der Waals surface area contributed by atoms with Crippen molar-refractivity contribution in [1.29, 1.82) is 0 Å². The van der Waals surface area contributed by atoms with Crippen molar-refractivity contribution in [1.82, 2.24) is 0 Å². The normalized spacial score (nSPS) is 12.8. The zero-order valence-corrected chi connectivity index (χ0v) is 36.8. The summed E-state index contributed by atoms with van der Waals surface area (Å²) < 4.78 is 16.6. The van der Waals surface area contributed by atoms with Crippen LogP contribution in [0.1, 0.15) is 201 Å². The van der Waals surface area contributed by atoms with E-state index in [0.717, 1.165) is 77.0 Å². The van der Waals surface area contributed by atoms with Crippen molar-refractivity contribution in [2.75, 3.05) is 13.2 Å². The predicted octanol–water partition coefficient (Wildman–Crippen LogP) is 14.9. The Bertz CT molecular complexity index is 1140. The molecule has 0 aromatic heterocycles. The van der Waals surface area contributed by atoms with Gasteiger partial charge in [-0.05, 0) is 89.9 Å². The molecule has 0 N–H and O–H groups in total. The lowest BCUT2D eigenvalue weighted by atomic mass is 10.1. The summed E-state index contributed by atoms with van der Waals surface area (Å²) >= 11 is 0. The number of rotatable bonds is 40. The molecule has 0 rings (SSSR count). The molecule has 0 spiro atoms. The zero-order chi connectivity index (χ0) is 41.5. The van der Waals surface area contributed by atoms with Gasteiger partial charge in [-0.3, -0.25) is 14.4 Å². The Hall–Kier alpha value is -3.41. The van der Waals surface area contributed by atoms with Gasteiger partial charge in [-0.25, -0.2) is 0 Å². The highest BCUT2D eigenvalue weighted by Gasteiger charge is 2.19. The van der Waals surface area contributed by atoms with E-state index in [1.807, 2.05) is 0 Å². The van der Waals surface area contributed by atoms with Crippen molar-refractivity contribution in [2.45, 2.75) is 207 Å². The molecule has 0 fully saturated rings. The first-order chi connectivity index (χ1) is 28.0. The van der Waals surface area contributed by atoms with Crippen LogP contribution in [0, 0.1) is 0 Å². The van der Waals surface area contributed by atoms with Crippen LogP contribution >= 0.6 is 0 Å². The van der Waals surface area contributed by atoms with Crippen LogP contribution in [0.2, 0.25) is 0 Å². The van der Waals surface area contributed by atoms with E-state index >= 15 is 0 Å². The minimum atomic E-state index is -0.814. The Morgan fingerprint density at radius 3 is 1.18 bits per heavy atom. The number of allylic oxidation sites excluding steroid dienone is 14. The molecule has 0 aliphatic heterocycles. The van der Waals surface area contributed by atoms with E-state index in [2.05, 4.69) is 106 Å². The maximum Gasteiger partial charge on any atom is 0.306 e. The number of hydrogen-bond donors (Lipinski definition) is 0. The lowest BCUT2D eigenvalue weighted by Gasteiger charge is -2.18. The second-order valence-electron chi connectivity index (χ2n) is 14.9. The van der Waals surface area contributed by atoms with Crippen LogP contribution in [0.5, 0.6) is 0 Å². The fourth-order valence-electron chi connectivity index (χ4n) is 5.92. The molecule has 0 aliphatic rings. The van der Waals surface area contributed by atoms with Crippen molar-refractivity contribution < 1.29 is 28.6 Å². The topological polar surface area (TPSA) is 78.9 Å². The molecule has 324 valence electrons. The highest BCUT2D eigenvalue weighted by molar-refractivity contribution is 5.71. The summed E-state index contributed by atoms with van der Waals surface area (Å²) in [4.78, 5) is 37.7. The second-order valence-corrected chi connectivity index (χ2v) is 14.9. The molecule has 0 aromatic rings. The lowest BCUT2D eigenvalue weighted by Crippen LogP contribution is -2.30. The summed E-state index contributed by atoms with van der Waals surface area (Å²) in [6, 6.07) is 0. The smallest absolute Gasteiger partial charge is 0.306 e. The molecule has 0 heterocycles. The Morgan fingerprint density at radius 1 is 0.368 bits per heavy atom. The molecule has 0 saturated heterocycles. The van der Waals surface area contributed by atoms with Crippen LogP contribution in [-0.2, 0) is 28.6 Å². The highest BCUT2D eigenvalue weighted by atomic mass is 16.6. The summed E-state index contributed by atoms with van der Waals surface area (Å²) in [6.07, 6.45) is 57.2. The first kappa shape index (κ1) is 53.6. The second kappa shape index (κ2) is 45.3. The Labute approximate surface area is 350 Å². The molecule has 0 saturated carbocycles. The number of carbonyl (C=O) groups excluding carboxylic acids is 3. The van der Waals surface area contributed by atoms with Gasteiger partial charge >= 0.3 is 17.9 Å². The van der Waals surface area contributed by atoms with E-state index in [9.17, 15) is 14.4 Å². The fourth-order valence-corrected chi connectivity index (χ4v) is 5.92. The first-order valence-corrected chi connectivity index (χ1v) is 23.1. The molecule has 1 unspecified atom stereocenters. The number of hydrogen-bond acceptors (Lipinski definition) is 6. The van der Waals surface area contributed by atoms with Crippen LogP contribution in [0.25, 0.3) is 0 Å². The van der Waals surface area contributed by atoms with Crippen molar-refractivity contribution in [3.63, 3.8) is 0 Å². The van der Waals surface area contributed by atoms with E-state index in [4.69, 9.17) is 14.2 Å². The van der Waals surface area contributed by atoms with Crippen LogP contribution in [-0.4, -0.2) is 37.2 Å². The average Bonchev–Trinajstić information content (AvgIpc) is 3.21. The highest BCUT2D eigenvalue weighted by Crippen LogP contribution is 2.13. The fraction of sp³-hybridized carbons (Fsp3) is 0.667. The molecule has 0 aromatic carbocycles. The molecular weight excluding hydrogens is 709 g/mol. The summed E-state index contributed by atoms with van der Waals surface area (Å²) in [5, 5.41) is 0. The Morgan fingerprint density at radius 2 is 0.702 bits per heavy atom. The van der Waals surface area contributed by atoms with E-state index in [1.165, 1.54) is 70.6 Å². The maximum atomic E-state index is 12.7. The standard InChI is InChI=1S/C51H84O6/c1-4-7-10-13-16-19-22-24-25-26-27-28-30-32-35-38-41-44-50(53)56-47-48(46-55-49(52)43-40-37-34-31-21-18-15-12-9-6-3)57-51(54)45-42-39-36-33-29-23-20-17-14-11-8-5-2/h8,11,16-17,19-20,24-25,27-29,32-33,35,48H,4-7,9-10,12-15,18,21-23,26,30-31,34,36-47H2,1-3H3/b11-8-,19-16-,20-17-,25-24-,28-27-,33-29-,35-32-. The van der Waals surface area contributed by atoms with Crippen molar-refractivity contribution in [3.05, 3.63) is 85.1 Å². The van der Waals surface area contributed by atoms with Crippen molar-refractivity contribution in [2.24, 2.45) is 0 Å². The van der Waals surface area contributed by atoms with E-state index < -0.39 is 6.10 Å². The van der Waals surface area contributed by atoms with E-state index in [1.54, 1.807) is 0 Å². The first-order valence-electron chi connectivity index (χ1n) is 23.1. The van der Waals surface area contributed by atoms with Crippen molar-refractivity contribution in [3.8, 4) is 0 Å². The van der Waals surface area contributed by atoms with Crippen LogP contribution in [0.3, 0.4) is 0 Å². The Kier molecular flexibility index (Phi) is 42.6. The maximum absolute atomic E-state index is 12.7. The molecule has 0 aliphatic carbocycles. The van der Waals surface area contributed by atoms with E-state index in [0.29, 0.717) is 19.3 Å². The zero-order valence-electron chi connectivity index (χ0n) is 36.8. The molecule has 1 atom stereocenters. The molecule has 0 amide bonds. The van der Waals surface area contributed by atoms with Gasteiger partial charge in [0.25, 0.3) is 0 Å². The molecule has 0 radical (unpaired) electrons. The van der Waals surface area contributed by atoms with Gasteiger partial charge in [0.15, 0.2) is 6.10 Å². The van der Waals surface area contributed by atoms with Gasteiger partial charge in [-0.1, -0.05) is 176 Å². The van der Waals surface area contributed by atoms with Gasteiger partial charge in [0.05, 0.1) is 0 Å². The third-order valence-corrected chi connectivity index (χ3v) is 9.38. The number of unbranched alkanes of at least 4 members (excludes halogenated alkanes) is 15. The lowest BCUT2D eigenvalue weighted by molar-refractivity contribution is -0.167. The molecular formula is C51H84O6. The third-order valence-electron chi connectivity index (χ3n) is 9.38. The number of esters is 3. The predicted molar refractivity (Wildman–Crippen MR) is 242 cm³/mol. The Balaban J connectivity index is 4.51. The van der Waals surface area contributed by atoms with Gasteiger partial charge in [0.1, 0.15) is 13.2 Å². The quantitative estimate of drug-likeness (QED) is 0.0266. The summed E-state index contributed by atoms with van der Waals surface area (Å²) in [5.74, 6) is -1.02. The van der Waals surface area contributed by atoms with Gasteiger partial charge in [-0.2, -0.15) is 0 Å². The minimum absolute atomic E-state index is 0.109. The summed E-state index contributed by atoms with van der Waals surface area (Å²) in [6.45, 7) is 6.37. The monoisotopic (exact) mass is 793 g/mol. The van der Waals surface area contributed by atoms with Crippen molar-refractivity contribution >= 4 is 17.9 Å². The summed E-state index contributed by atoms with van der Waals surface area (Å²) in [5.41, 5.74) is 0. The number of carbonyl (C=O) groups is 3. The van der Waals surface area contributed by atoms with Crippen LogP contribution in [0.15, 0.2) is 85.1 Å². The molecule has 6 heteroatoms. The van der Waals surface area contributed by atoms with Gasteiger partial charge in [0.2, 0.25) is 0 Å². The van der Waals surface area contributed by atoms with Gasteiger partial charge in [-0.15, -0.1) is 0 Å². The number of ether oxygens (including phenoxy) is 3. The molecule has 0 bridgehead atoms. The van der Waals surface area contributed by atoms with E-state index in [-0.39, 0.29) is 44.0 Å². The SMILES string of the molecule is CC/C=C\C/C=C\C/C=C\CCCCC(=O)OC(COC(=O)CCC/C=C\C/C=C\C/C=C\C/C=C\CCCCC)COC(=O)CCCCCCCCCCCC. The molecule has 57 heavy (non-hydrogen) atoms. The minimum Gasteiger partial charge on any atom is -0.462 e.